The second-order valence-corrected chi connectivity index (χ2v) is 6.34. The summed E-state index contributed by atoms with van der Waals surface area (Å²) >= 11 is 0. The lowest BCUT2D eigenvalue weighted by Gasteiger charge is -2.46. The summed E-state index contributed by atoms with van der Waals surface area (Å²) in [6.45, 7) is 5.70. The van der Waals surface area contributed by atoms with E-state index in [0.717, 1.165) is 0 Å². The summed E-state index contributed by atoms with van der Waals surface area (Å²) < 4.78 is 0. The molecule has 3 rings (SSSR count). The number of anilines is 1. The van der Waals surface area contributed by atoms with Crippen molar-refractivity contribution in [3.05, 3.63) is 30.3 Å². The van der Waals surface area contributed by atoms with Crippen LogP contribution in [-0.2, 0) is 9.59 Å². The van der Waals surface area contributed by atoms with Gasteiger partial charge in [-0.05, 0) is 32.4 Å². The van der Waals surface area contributed by atoms with Gasteiger partial charge in [-0.15, -0.1) is 0 Å². The van der Waals surface area contributed by atoms with E-state index in [4.69, 9.17) is 0 Å². The first-order chi connectivity index (χ1) is 10.6. The van der Waals surface area contributed by atoms with Crippen LogP contribution in [0.1, 0.15) is 26.7 Å². The summed E-state index contributed by atoms with van der Waals surface area (Å²) in [7, 11) is 0. The normalized spacial score (nSPS) is 28.6. The minimum absolute atomic E-state index is 0.0117. The van der Waals surface area contributed by atoms with Crippen LogP contribution in [0.25, 0.3) is 0 Å². The van der Waals surface area contributed by atoms with Crippen LogP contribution in [-0.4, -0.2) is 47.9 Å². The van der Waals surface area contributed by atoms with Gasteiger partial charge in [0.15, 0.2) is 0 Å². The second kappa shape index (κ2) is 5.99. The minimum atomic E-state index is -0.324. The average Bonchev–Trinajstić information content (AvgIpc) is 2.93. The lowest BCUT2D eigenvalue weighted by molar-refractivity contribution is -0.135. The molecule has 0 radical (unpaired) electrons. The number of carbonyl (C=O) groups is 2. The van der Waals surface area contributed by atoms with Crippen LogP contribution in [0.4, 0.5) is 5.69 Å². The zero-order chi connectivity index (χ0) is 15.7. The quantitative estimate of drug-likeness (QED) is 0.898. The van der Waals surface area contributed by atoms with Gasteiger partial charge in [-0.2, -0.15) is 0 Å². The molecule has 2 aliphatic heterocycles. The summed E-state index contributed by atoms with van der Waals surface area (Å²) in [5.74, 6) is 0.0552. The molecule has 2 amide bonds. The van der Waals surface area contributed by atoms with E-state index in [9.17, 15) is 9.59 Å². The van der Waals surface area contributed by atoms with Gasteiger partial charge in [-0.3, -0.25) is 9.59 Å². The number of amides is 2. The molecule has 0 saturated carbocycles. The molecule has 2 fully saturated rings. The molecule has 0 aromatic heterocycles. The molecule has 2 saturated heterocycles. The number of rotatable bonds is 2. The molecule has 0 aliphatic carbocycles. The molecule has 5 heteroatoms. The smallest absolute Gasteiger partial charge is 0.245 e. The van der Waals surface area contributed by atoms with Gasteiger partial charge in [0.1, 0.15) is 6.04 Å². The fourth-order valence-electron chi connectivity index (χ4n) is 3.63. The van der Waals surface area contributed by atoms with Crippen molar-refractivity contribution < 1.29 is 9.59 Å². The van der Waals surface area contributed by atoms with Gasteiger partial charge in [0, 0.05) is 37.3 Å². The van der Waals surface area contributed by atoms with E-state index < -0.39 is 0 Å². The van der Waals surface area contributed by atoms with E-state index in [1.807, 2.05) is 23.1 Å². The summed E-state index contributed by atoms with van der Waals surface area (Å²) in [5.41, 5.74) is 1.20. The van der Waals surface area contributed by atoms with E-state index >= 15 is 0 Å². The molecular weight excluding hydrogens is 278 g/mol. The number of carbonyl (C=O) groups excluding carboxylic acids is 2. The Morgan fingerprint density at radius 2 is 1.77 bits per heavy atom. The van der Waals surface area contributed by atoms with Gasteiger partial charge >= 0.3 is 0 Å². The van der Waals surface area contributed by atoms with Gasteiger partial charge in [-0.1, -0.05) is 18.2 Å². The van der Waals surface area contributed by atoms with Crippen molar-refractivity contribution in [3.63, 3.8) is 0 Å². The van der Waals surface area contributed by atoms with Crippen LogP contribution in [0.15, 0.2) is 30.3 Å². The third-order valence-electron chi connectivity index (χ3n) is 4.58. The second-order valence-electron chi connectivity index (χ2n) is 6.34. The van der Waals surface area contributed by atoms with Gasteiger partial charge in [0.2, 0.25) is 11.8 Å². The standard InChI is InChI=1S/C17H23N3O2/c1-12-10-19(17(22)15-8-9-16(21)18-15)11-13(2)20(12)14-6-4-3-5-7-14/h3-7,12-13,15H,8-11H2,1-2H3,(H,18,21). The summed E-state index contributed by atoms with van der Waals surface area (Å²) in [6, 6.07) is 10.5. The molecule has 1 aromatic rings. The average molecular weight is 301 g/mol. The molecule has 3 atom stereocenters. The Kier molecular flexibility index (Phi) is 4.05. The maximum absolute atomic E-state index is 12.6. The summed E-state index contributed by atoms with van der Waals surface area (Å²) in [5, 5.41) is 2.78. The fraction of sp³-hybridized carbons (Fsp3) is 0.529. The molecule has 1 N–H and O–H groups in total. The molecule has 0 spiro atoms. The fourth-order valence-corrected chi connectivity index (χ4v) is 3.63. The van der Waals surface area contributed by atoms with Crippen molar-refractivity contribution in [1.29, 1.82) is 0 Å². The molecule has 22 heavy (non-hydrogen) atoms. The van der Waals surface area contributed by atoms with Crippen LogP contribution in [0.2, 0.25) is 0 Å². The predicted octanol–water partition coefficient (Wildman–Crippen LogP) is 1.39. The number of para-hydroxylation sites is 1. The zero-order valence-corrected chi connectivity index (χ0v) is 13.2. The highest BCUT2D eigenvalue weighted by Gasteiger charge is 2.36. The molecule has 0 bridgehead atoms. The van der Waals surface area contributed by atoms with Crippen molar-refractivity contribution >= 4 is 17.5 Å². The van der Waals surface area contributed by atoms with Crippen molar-refractivity contribution in [2.45, 2.75) is 44.8 Å². The molecule has 2 aliphatic rings. The Labute approximate surface area is 131 Å². The third-order valence-corrected chi connectivity index (χ3v) is 4.58. The maximum atomic E-state index is 12.6. The minimum Gasteiger partial charge on any atom is -0.363 e. The van der Waals surface area contributed by atoms with Crippen LogP contribution >= 0.6 is 0 Å². The highest BCUT2D eigenvalue weighted by Crippen LogP contribution is 2.25. The Hall–Kier alpha value is -2.04. The number of benzene rings is 1. The number of nitrogens with zero attached hydrogens (tertiary/aromatic N) is 2. The van der Waals surface area contributed by atoms with Gasteiger partial charge in [0.05, 0.1) is 0 Å². The van der Waals surface area contributed by atoms with Crippen molar-refractivity contribution in [2.75, 3.05) is 18.0 Å². The Bertz CT molecular complexity index is 548. The van der Waals surface area contributed by atoms with Crippen LogP contribution in [0.3, 0.4) is 0 Å². The number of piperazine rings is 1. The molecule has 118 valence electrons. The third kappa shape index (κ3) is 2.80. The predicted molar refractivity (Wildman–Crippen MR) is 85.6 cm³/mol. The van der Waals surface area contributed by atoms with Gasteiger partial charge < -0.3 is 15.1 Å². The lowest BCUT2D eigenvalue weighted by atomic mass is 10.0. The van der Waals surface area contributed by atoms with Crippen molar-refractivity contribution in [1.82, 2.24) is 10.2 Å². The molecule has 3 unspecified atom stereocenters. The first-order valence-corrected chi connectivity index (χ1v) is 7.98. The highest BCUT2D eigenvalue weighted by atomic mass is 16.2. The molecule has 5 nitrogen and oxygen atoms in total. The van der Waals surface area contributed by atoms with Gasteiger partial charge in [-0.25, -0.2) is 0 Å². The van der Waals surface area contributed by atoms with Crippen molar-refractivity contribution in [2.24, 2.45) is 0 Å². The zero-order valence-electron chi connectivity index (χ0n) is 13.2. The first-order valence-electron chi connectivity index (χ1n) is 7.98. The summed E-state index contributed by atoms with van der Waals surface area (Å²) in [6.07, 6.45) is 1.09. The van der Waals surface area contributed by atoms with E-state index in [1.54, 1.807) is 0 Å². The highest BCUT2D eigenvalue weighted by molar-refractivity contribution is 5.91. The Balaban J connectivity index is 1.70. The topological polar surface area (TPSA) is 52.7 Å². The lowest BCUT2D eigenvalue weighted by Crippen LogP contribution is -2.60. The monoisotopic (exact) mass is 301 g/mol. The molecule has 2 heterocycles. The van der Waals surface area contributed by atoms with E-state index in [0.29, 0.717) is 25.9 Å². The first kappa shape index (κ1) is 14.9. The maximum Gasteiger partial charge on any atom is 0.245 e. The van der Waals surface area contributed by atoms with Crippen molar-refractivity contribution in [3.8, 4) is 0 Å². The number of hydrogen-bond donors (Lipinski definition) is 1. The van der Waals surface area contributed by atoms with Crippen LogP contribution in [0.5, 0.6) is 0 Å². The van der Waals surface area contributed by atoms with Crippen LogP contribution < -0.4 is 10.2 Å². The number of hydrogen-bond acceptors (Lipinski definition) is 3. The molecular formula is C17H23N3O2. The van der Waals surface area contributed by atoms with E-state index in [-0.39, 0.29) is 29.9 Å². The largest absolute Gasteiger partial charge is 0.363 e. The SMILES string of the molecule is CC1CN(C(=O)C2CCC(=O)N2)CC(C)N1c1ccccc1. The van der Waals surface area contributed by atoms with E-state index in [1.165, 1.54) is 5.69 Å². The number of nitrogens with one attached hydrogen (secondary N) is 1. The van der Waals surface area contributed by atoms with Crippen LogP contribution in [0, 0.1) is 0 Å². The molecule has 1 aromatic carbocycles. The Morgan fingerprint density at radius 1 is 1.14 bits per heavy atom. The van der Waals surface area contributed by atoms with E-state index in [2.05, 4.69) is 36.2 Å². The summed E-state index contributed by atoms with van der Waals surface area (Å²) in [4.78, 5) is 28.2. The Morgan fingerprint density at radius 3 is 2.32 bits per heavy atom. The van der Waals surface area contributed by atoms with Gasteiger partial charge in [0.25, 0.3) is 0 Å².